The van der Waals surface area contributed by atoms with E-state index in [4.69, 9.17) is 10.5 Å². The molecule has 1 aliphatic heterocycles. The molecular formula is C27H38N8O4. The molecule has 39 heavy (non-hydrogen) atoms. The second kappa shape index (κ2) is 12.2. The Morgan fingerprint density at radius 1 is 1.13 bits per heavy atom. The van der Waals surface area contributed by atoms with Crippen LogP contribution in [0.1, 0.15) is 56.2 Å². The first kappa shape index (κ1) is 27.3. The van der Waals surface area contributed by atoms with Crippen molar-refractivity contribution in [3.05, 3.63) is 42.5 Å². The number of rotatable bonds is 9. The summed E-state index contributed by atoms with van der Waals surface area (Å²) in [5.74, 6) is 0.876. The molecule has 12 heteroatoms. The zero-order valence-corrected chi connectivity index (χ0v) is 22.2. The topological polar surface area (TPSA) is 164 Å². The number of benzene rings is 1. The highest BCUT2D eigenvalue weighted by atomic mass is 16.6. The highest BCUT2D eigenvalue weighted by Gasteiger charge is 2.44. The molecular weight excluding hydrogens is 500 g/mol. The summed E-state index contributed by atoms with van der Waals surface area (Å²) < 4.78 is 7.57. The van der Waals surface area contributed by atoms with E-state index in [1.807, 2.05) is 24.1 Å². The average Bonchev–Trinajstić information content (AvgIpc) is 3.49. The van der Waals surface area contributed by atoms with Gasteiger partial charge in [0.2, 0.25) is 0 Å². The maximum atomic E-state index is 12.3. The van der Waals surface area contributed by atoms with Gasteiger partial charge in [-0.05, 0) is 56.5 Å². The monoisotopic (exact) mass is 538 g/mol. The minimum absolute atomic E-state index is 0.234. The number of fused-ring (bicyclic) bond motifs is 1. The Labute approximate surface area is 227 Å². The van der Waals surface area contributed by atoms with Crippen molar-refractivity contribution in [3.8, 4) is 0 Å². The number of nitrogens with zero attached hydrogens (tertiary/aromatic N) is 5. The number of aliphatic hydroxyl groups excluding tert-OH is 2. The van der Waals surface area contributed by atoms with E-state index >= 15 is 0 Å². The molecule has 4 atom stereocenters. The number of hydrogen-bond donors (Lipinski definition) is 5. The van der Waals surface area contributed by atoms with Gasteiger partial charge in [-0.2, -0.15) is 0 Å². The predicted molar refractivity (Wildman–Crippen MR) is 147 cm³/mol. The molecule has 2 aromatic heterocycles. The first-order chi connectivity index (χ1) is 18.9. The first-order valence-corrected chi connectivity index (χ1v) is 13.7. The van der Waals surface area contributed by atoms with Crippen molar-refractivity contribution in [2.45, 2.75) is 69.0 Å². The molecule has 6 N–H and O–H groups in total. The summed E-state index contributed by atoms with van der Waals surface area (Å²) in [7, 11) is 1.91. The Hall–Kier alpha value is -3.32. The number of amides is 2. The number of nitrogen functional groups attached to an aromatic ring is 1. The second-order valence-electron chi connectivity index (χ2n) is 10.6. The molecule has 0 spiro atoms. The lowest BCUT2D eigenvalue weighted by Gasteiger charge is -2.23. The standard InChI is InChI=1S/C27H38N8O4/c1-34(13-5-12-29-27(38)33-19-10-8-18(9-11-19)17-6-3-2-4-7-17)14-20-22(36)23(37)26(39-20)35-16-32-21-24(28)30-15-31-25(21)35/h8-11,15-17,20,22-23,26,36-37H,2-7,12-14H2,1H3,(H2,28,30,31)(H2,29,33,38)/t20-,22-,23-,26-/m1/s1. The highest BCUT2D eigenvalue weighted by Crippen LogP contribution is 2.33. The summed E-state index contributed by atoms with van der Waals surface area (Å²) in [4.78, 5) is 26.6. The summed E-state index contributed by atoms with van der Waals surface area (Å²) >= 11 is 0. The number of nitrogens with one attached hydrogen (secondary N) is 2. The van der Waals surface area contributed by atoms with Gasteiger partial charge >= 0.3 is 6.03 Å². The van der Waals surface area contributed by atoms with Crippen LogP contribution >= 0.6 is 0 Å². The van der Waals surface area contributed by atoms with Crippen molar-refractivity contribution in [2.75, 3.05) is 37.7 Å². The maximum absolute atomic E-state index is 12.3. The van der Waals surface area contributed by atoms with E-state index in [0.717, 1.165) is 5.69 Å². The molecule has 3 aromatic rings. The summed E-state index contributed by atoms with van der Waals surface area (Å²) in [6, 6.07) is 7.96. The minimum atomic E-state index is -1.15. The largest absolute Gasteiger partial charge is 0.387 e. The molecule has 12 nitrogen and oxygen atoms in total. The number of aliphatic hydroxyl groups is 2. The van der Waals surface area contributed by atoms with Gasteiger partial charge in [0.1, 0.15) is 30.2 Å². The lowest BCUT2D eigenvalue weighted by Crippen LogP contribution is -2.39. The van der Waals surface area contributed by atoms with Crippen LogP contribution in [0.2, 0.25) is 0 Å². The fourth-order valence-electron chi connectivity index (χ4n) is 5.57. The third kappa shape index (κ3) is 6.30. The Morgan fingerprint density at radius 2 is 1.90 bits per heavy atom. The summed E-state index contributed by atoms with van der Waals surface area (Å²) in [5, 5.41) is 27.1. The number of likely N-dealkylation sites (N-methyl/N-ethyl adjacent to an activating group) is 1. The Morgan fingerprint density at radius 3 is 2.67 bits per heavy atom. The number of imidazole rings is 1. The molecule has 0 radical (unpaired) electrons. The van der Waals surface area contributed by atoms with Gasteiger partial charge < -0.3 is 36.2 Å². The van der Waals surface area contributed by atoms with E-state index in [1.165, 1.54) is 50.3 Å². The van der Waals surface area contributed by atoms with Gasteiger partial charge in [-0.1, -0.05) is 31.4 Å². The van der Waals surface area contributed by atoms with Gasteiger partial charge in [-0.25, -0.2) is 19.7 Å². The Bertz CT molecular complexity index is 1250. The molecule has 3 heterocycles. The molecule has 1 aromatic carbocycles. The number of ether oxygens (including phenoxy) is 1. The van der Waals surface area contributed by atoms with Crippen LogP contribution < -0.4 is 16.4 Å². The number of hydrogen-bond acceptors (Lipinski definition) is 9. The van der Waals surface area contributed by atoms with Crippen molar-refractivity contribution in [1.82, 2.24) is 29.7 Å². The quantitative estimate of drug-likeness (QED) is 0.257. The van der Waals surface area contributed by atoms with Gasteiger partial charge in [-0.3, -0.25) is 4.57 Å². The number of anilines is 2. The van der Waals surface area contributed by atoms with Gasteiger partial charge in [0.25, 0.3) is 0 Å². The lowest BCUT2D eigenvalue weighted by molar-refractivity contribution is -0.0421. The lowest BCUT2D eigenvalue weighted by atomic mass is 9.84. The van der Waals surface area contributed by atoms with Crippen LogP contribution in [0.5, 0.6) is 0 Å². The summed E-state index contributed by atoms with van der Waals surface area (Å²) in [6.07, 6.45) is 6.25. The van der Waals surface area contributed by atoms with Crippen LogP contribution in [0.15, 0.2) is 36.9 Å². The molecule has 2 amide bonds. The predicted octanol–water partition coefficient (Wildman–Crippen LogP) is 2.22. The van der Waals surface area contributed by atoms with Crippen LogP contribution in [0.3, 0.4) is 0 Å². The Kier molecular flexibility index (Phi) is 8.56. The smallest absolute Gasteiger partial charge is 0.319 e. The fraction of sp³-hybridized carbons (Fsp3) is 0.556. The molecule has 1 saturated carbocycles. The first-order valence-electron chi connectivity index (χ1n) is 13.7. The van der Waals surface area contributed by atoms with E-state index in [1.54, 1.807) is 4.57 Å². The van der Waals surface area contributed by atoms with E-state index in [-0.39, 0.29) is 11.8 Å². The highest BCUT2D eigenvalue weighted by molar-refractivity contribution is 5.89. The van der Waals surface area contributed by atoms with Crippen LogP contribution in [0.25, 0.3) is 11.2 Å². The number of urea groups is 1. The minimum Gasteiger partial charge on any atom is -0.387 e. The van der Waals surface area contributed by atoms with Gasteiger partial charge in [0, 0.05) is 18.8 Å². The molecule has 5 rings (SSSR count). The van der Waals surface area contributed by atoms with E-state index in [2.05, 4.69) is 37.7 Å². The molecule has 0 bridgehead atoms. The molecule has 1 saturated heterocycles. The normalized spacial score (nSPS) is 23.9. The molecule has 0 unspecified atom stereocenters. The SMILES string of the molecule is CN(CCCNC(=O)Nc1ccc(C2CCCCC2)cc1)C[C@H]1O[C@@H](n2cnc3c(N)ncnc32)[C@H](O)[C@@H]1O. The number of aromatic nitrogens is 4. The van der Waals surface area contributed by atoms with E-state index in [0.29, 0.717) is 43.1 Å². The molecule has 1 aliphatic carbocycles. The number of carbonyl (C=O) groups excluding carboxylic acids is 1. The maximum Gasteiger partial charge on any atom is 0.319 e. The summed E-state index contributed by atoms with van der Waals surface area (Å²) in [5.41, 5.74) is 8.83. The van der Waals surface area contributed by atoms with Crippen LogP contribution in [0, 0.1) is 0 Å². The Balaban J connectivity index is 1.04. The van der Waals surface area contributed by atoms with Crippen molar-refractivity contribution in [3.63, 3.8) is 0 Å². The number of nitrogens with two attached hydrogens (primary N) is 1. The van der Waals surface area contributed by atoms with Crippen LogP contribution in [-0.4, -0.2) is 85.7 Å². The molecule has 2 aliphatic rings. The van der Waals surface area contributed by atoms with Crippen molar-refractivity contribution < 1.29 is 19.7 Å². The van der Waals surface area contributed by atoms with Crippen molar-refractivity contribution in [2.24, 2.45) is 0 Å². The van der Waals surface area contributed by atoms with Gasteiger partial charge in [-0.15, -0.1) is 0 Å². The number of carbonyl (C=O) groups is 1. The molecule has 210 valence electrons. The van der Waals surface area contributed by atoms with Crippen molar-refractivity contribution in [1.29, 1.82) is 0 Å². The van der Waals surface area contributed by atoms with Crippen LogP contribution in [0.4, 0.5) is 16.3 Å². The average molecular weight is 539 g/mol. The van der Waals surface area contributed by atoms with Gasteiger partial charge in [0.15, 0.2) is 17.7 Å². The van der Waals surface area contributed by atoms with E-state index < -0.39 is 24.5 Å². The van der Waals surface area contributed by atoms with Crippen molar-refractivity contribution >= 4 is 28.7 Å². The summed E-state index contributed by atoms with van der Waals surface area (Å²) in [6.45, 7) is 1.57. The third-order valence-corrected chi connectivity index (χ3v) is 7.74. The zero-order valence-electron chi connectivity index (χ0n) is 22.2. The third-order valence-electron chi connectivity index (χ3n) is 7.74. The molecule has 2 fully saturated rings. The van der Waals surface area contributed by atoms with E-state index in [9.17, 15) is 15.0 Å². The van der Waals surface area contributed by atoms with Gasteiger partial charge in [0.05, 0.1) is 6.33 Å². The fourth-order valence-corrected chi connectivity index (χ4v) is 5.57. The zero-order chi connectivity index (χ0) is 27.4. The van der Waals surface area contributed by atoms with Crippen LogP contribution in [-0.2, 0) is 4.74 Å². The second-order valence-corrected chi connectivity index (χ2v) is 10.6.